The van der Waals surface area contributed by atoms with Gasteiger partial charge in [0.25, 0.3) is 0 Å². The number of carbonyl (C=O) groups is 3. The fourth-order valence-electron chi connectivity index (χ4n) is 5.88. The standard InChI is InChI=1S/C52H84NO10P/c1-3-5-7-9-11-13-15-17-19-21-23-24-26-27-29-31-33-35-37-39-41-43-50(55)53-49(52(57)58)47-63-64(59,60)62-46-48(54)45-61-51(56)44-42-40-38-36-34-32-30-28-25-22-20-18-16-14-12-10-8-6-4-2/h6,8,11-14,17-20,23-25,28,32,34,38,40,48-49,54H,3-5,7,9-10,15-16,21-22,26-27,29-31,33,35-37,39,41-47H2,1-2H3,(H,53,55)(H,57,58)(H,59,60)/b8-6-,13-11-,14-12-,19-17-,20-18-,24-23-,28-25-,34-32-,40-38-. The van der Waals surface area contributed by atoms with Gasteiger partial charge in [-0.3, -0.25) is 18.6 Å². The van der Waals surface area contributed by atoms with E-state index in [1.54, 1.807) is 0 Å². The number of phosphoric ester groups is 1. The number of carboxylic acid groups (broad SMARTS) is 1. The quantitative estimate of drug-likeness (QED) is 0.0200. The molecule has 3 atom stereocenters. The first-order valence-corrected chi connectivity index (χ1v) is 25.4. The molecule has 0 radical (unpaired) electrons. The maximum atomic E-state index is 12.4. The van der Waals surface area contributed by atoms with E-state index >= 15 is 0 Å². The molecule has 0 rings (SSSR count). The fraction of sp³-hybridized carbons (Fsp3) is 0.596. The molecule has 0 bridgehead atoms. The van der Waals surface area contributed by atoms with Crippen LogP contribution in [0.25, 0.3) is 0 Å². The second kappa shape index (κ2) is 45.7. The van der Waals surface area contributed by atoms with Gasteiger partial charge >= 0.3 is 19.8 Å². The summed E-state index contributed by atoms with van der Waals surface area (Å²) in [7, 11) is -4.79. The highest BCUT2D eigenvalue weighted by Gasteiger charge is 2.28. The van der Waals surface area contributed by atoms with Crippen LogP contribution in [0.4, 0.5) is 0 Å². The zero-order valence-electron chi connectivity index (χ0n) is 39.3. The highest BCUT2D eigenvalue weighted by Crippen LogP contribution is 2.43. The lowest BCUT2D eigenvalue weighted by molar-refractivity contribution is -0.147. The molecule has 0 spiro atoms. The van der Waals surface area contributed by atoms with Gasteiger partial charge in [-0.2, -0.15) is 0 Å². The van der Waals surface area contributed by atoms with Crippen molar-refractivity contribution in [1.82, 2.24) is 5.32 Å². The van der Waals surface area contributed by atoms with E-state index in [1.807, 2.05) is 18.2 Å². The Morgan fingerprint density at radius 1 is 0.516 bits per heavy atom. The van der Waals surface area contributed by atoms with Crippen molar-refractivity contribution < 1.29 is 47.8 Å². The number of carboxylic acids is 1. The number of esters is 1. The van der Waals surface area contributed by atoms with Gasteiger partial charge in [-0.15, -0.1) is 0 Å². The summed E-state index contributed by atoms with van der Waals surface area (Å²) in [4.78, 5) is 46.0. The minimum Gasteiger partial charge on any atom is -0.480 e. The summed E-state index contributed by atoms with van der Waals surface area (Å²) in [6, 6.07) is -1.57. The first-order valence-electron chi connectivity index (χ1n) is 23.9. The molecule has 0 fully saturated rings. The molecule has 1 amide bonds. The molecule has 0 heterocycles. The maximum Gasteiger partial charge on any atom is 0.472 e. The summed E-state index contributed by atoms with van der Waals surface area (Å²) in [5, 5.41) is 21.9. The van der Waals surface area contributed by atoms with Gasteiger partial charge in [0.05, 0.1) is 13.2 Å². The monoisotopic (exact) mass is 914 g/mol. The lowest BCUT2D eigenvalue weighted by Gasteiger charge is -2.18. The summed E-state index contributed by atoms with van der Waals surface area (Å²) >= 11 is 0. The number of carbonyl (C=O) groups excluding carboxylic acids is 2. The predicted octanol–water partition coefficient (Wildman–Crippen LogP) is 13.0. The Morgan fingerprint density at radius 2 is 0.922 bits per heavy atom. The van der Waals surface area contributed by atoms with Crippen LogP contribution in [0, 0.1) is 0 Å². The Hall–Kier alpha value is -3.86. The van der Waals surface area contributed by atoms with Crippen molar-refractivity contribution in [2.75, 3.05) is 19.8 Å². The zero-order chi connectivity index (χ0) is 47.0. The number of ether oxygens (including phenoxy) is 1. The van der Waals surface area contributed by atoms with Crippen LogP contribution in [0.1, 0.15) is 168 Å². The average molecular weight is 914 g/mol. The number of allylic oxidation sites excluding steroid dienone is 18. The number of hydrogen-bond donors (Lipinski definition) is 4. The Balaban J connectivity index is 3.99. The Labute approximate surface area is 386 Å². The molecular formula is C52H84NO10P. The highest BCUT2D eigenvalue weighted by molar-refractivity contribution is 7.47. The third kappa shape index (κ3) is 44.7. The molecule has 11 nitrogen and oxygen atoms in total. The molecule has 0 saturated carbocycles. The molecule has 0 aliphatic heterocycles. The summed E-state index contributed by atoms with van der Waals surface area (Å²) in [6.45, 7) is 2.36. The summed E-state index contributed by atoms with van der Waals surface area (Å²) in [5.74, 6) is -2.49. The van der Waals surface area contributed by atoms with E-state index in [4.69, 9.17) is 13.8 Å². The molecule has 362 valence electrons. The first-order chi connectivity index (χ1) is 31.1. The maximum absolute atomic E-state index is 12.4. The number of aliphatic hydroxyl groups is 1. The van der Waals surface area contributed by atoms with Crippen molar-refractivity contribution in [3.05, 3.63) is 109 Å². The lowest BCUT2D eigenvalue weighted by Crippen LogP contribution is -2.43. The number of nitrogens with one attached hydrogen (secondary N) is 1. The molecule has 12 heteroatoms. The molecule has 0 aromatic carbocycles. The largest absolute Gasteiger partial charge is 0.480 e. The van der Waals surface area contributed by atoms with Crippen LogP contribution >= 0.6 is 7.82 Å². The van der Waals surface area contributed by atoms with Crippen LogP contribution in [0.2, 0.25) is 0 Å². The predicted molar refractivity (Wildman–Crippen MR) is 263 cm³/mol. The normalized spacial score (nSPS) is 14.6. The van der Waals surface area contributed by atoms with E-state index in [2.05, 4.69) is 110 Å². The van der Waals surface area contributed by atoms with Gasteiger partial charge in [0.15, 0.2) is 6.04 Å². The zero-order valence-corrected chi connectivity index (χ0v) is 40.2. The summed E-state index contributed by atoms with van der Waals surface area (Å²) in [5.41, 5.74) is 0. The van der Waals surface area contributed by atoms with Gasteiger partial charge in [-0.05, 0) is 89.9 Å². The Kier molecular flexibility index (Phi) is 42.9. The van der Waals surface area contributed by atoms with E-state index in [9.17, 15) is 34.1 Å². The van der Waals surface area contributed by atoms with Crippen molar-refractivity contribution in [2.24, 2.45) is 0 Å². The molecule has 64 heavy (non-hydrogen) atoms. The van der Waals surface area contributed by atoms with Crippen LogP contribution in [0.15, 0.2) is 109 Å². The molecule has 0 aliphatic rings. The lowest BCUT2D eigenvalue weighted by atomic mass is 10.1. The van der Waals surface area contributed by atoms with E-state index in [0.717, 1.165) is 83.5 Å². The van der Waals surface area contributed by atoms with Crippen molar-refractivity contribution in [3.8, 4) is 0 Å². The number of rotatable bonds is 43. The van der Waals surface area contributed by atoms with Gasteiger partial charge in [-0.25, -0.2) is 9.36 Å². The number of aliphatic carboxylic acids is 1. The second-order valence-corrected chi connectivity index (χ2v) is 17.0. The van der Waals surface area contributed by atoms with E-state index in [0.29, 0.717) is 12.8 Å². The summed E-state index contributed by atoms with van der Waals surface area (Å²) in [6.07, 6.45) is 59.7. The van der Waals surface area contributed by atoms with Crippen LogP contribution in [0.5, 0.6) is 0 Å². The van der Waals surface area contributed by atoms with Gasteiger partial charge < -0.3 is 25.2 Å². The molecule has 0 saturated heterocycles. The van der Waals surface area contributed by atoms with Crippen LogP contribution < -0.4 is 5.32 Å². The minimum absolute atomic E-state index is 0.0924. The van der Waals surface area contributed by atoms with Gasteiger partial charge in [0, 0.05) is 12.8 Å². The number of phosphoric acid groups is 1. The average Bonchev–Trinajstić information content (AvgIpc) is 3.27. The van der Waals surface area contributed by atoms with Crippen molar-refractivity contribution >= 4 is 25.7 Å². The van der Waals surface area contributed by atoms with E-state index in [1.165, 1.54) is 44.9 Å². The SMILES string of the molecule is CC/C=C\C/C=C\C/C=C\C/C=C\C/C=C\C/C=C\CCC(=O)OCC(O)COP(=O)(O)OCC(NC(=O)CCCCCCCCCC/C=C\C/C=C\C/C=C\CCCCC)C(=O)O. The van der Waals surface area contributed by atoms with Gasteiger partial charge in [0.2, 0.25) is 5.91 Å². The van der Waals surface area contributed by atoms with Gasteiger partial charge in [-0.1, -0.05) is 175 Å². The minimum atomic E-state index is -4.79. The Morgan fingerprint density at radius 3 is 1.39 bits per heavy atom. The van der Waals surface area contributed by atoms with Crippen LogP contribution in [-0.4, -0.2) is 64.9 Å². The molecule has 0 aromatic rings. The molecule has 0 aliphatic carbocycles. The number of amides is 1. The fourth-order valence-corrected chi connectivity index (χ4v) is 6.65. The number of aliphatic hydroxyl groups excluding tert-OH is 1. The summed E-state index contributed by atoms with van der Waals surface area (Å²) < 4.78 is 26.8. The second-order valence-electron chi connectivity index (χ2n) is 15.6. The molecule has 0 aromatic heterocycles. The van der Waals surface area contributed by atoms with Crippen molar-refractivity contribution in [2.45, 2.75) is 180 Å². The molecule has 4 N–H and O–H groups in total. The van der Waals surface area contributed by atoms with Crippen LogP contribution in [0.3, 0.4) is 0 Å². The van der Waals surface area contributed by atoms with Crippen molar-refractivity contribution in [3.63, 3.8) is 0 Å². The molecular weight excluding hydrogens is 830 g/mol. The third-order valence-corrected chi connectivity index (χ3v) is 10.5. The first kappa shape index (κ1) is 60.1. The van der Waals surface area contributed by atoms with Crippen molar-refractivity contribution in [1.29, 1.82) is 0 Å². The third-order valence-electron chi connectivity index (χ3n) is 9.56. The van der Waals surface area contributed by atoms with Crippen LogP contribution in [-0.2, 0) is 32.7 Å². The smallest absolute Gasteiger partial charge is 0.472 e. The topological polar surface area (TPSA) is 169 Å². The molecule has 3 unspecified atom stereocenters. The van der Waals surface area contributed by atoms with Gasteiger partial charge in [0.1, 0.15) is 12.7 Å². The van der Waals surface area contributed by atoms with E-state index in [-0.39, 0.29) is 12.8 Å². The Bertz CT molecular complexity index is 1490. The highest BCUT2D eigenvalue weighted by atomic mass is 31.2. The number of hydrogen-bond acceptors (Lipinski definition) is 8. The van der Waals surface area contributed by atoms with E-state index < -0.39 is 57.6 Å². The number of unbranched alkanes of at least 4 members (excludes halogenated alkanes) is 11.